The van der Waals surface area contributed by atoms with E-state index in [2.05, 4.69) is 17.2 Å². The molecule has 4 nitrogen and oxygen atoms in total. The maximum Gasteiger partial charge on any atom is 0.265 e. The number of carbonyl (C=O) groups is 1. The van der Waals surface area contributed by atoms with Gasteiger partial charge in [-0.2, -0.15) is 0 Å². The van der Waals surface area contributed by atoms with Gasteiger partial charge in [-0.15, -0.1) is 11.3 Å². The molecule has 0 aromatic carbocycles. The Bertz CT molecular complexity index is 338. The zero-order chi connectivity index (χ0) is 12.0. The number of aromatic nitrogens is 1. The molecule has 0 aliphatic rings. The van der Waals surface area contributed by atoms with Crippen LogP contribution in [0.25, 0.3) is 0 Å². The van der Waals surface area contributed by atoms with Crippen molar-refractivity contribution in [2.75, 3.05) is 27.2 Å². The summed E-state index contributed by atoms with van der Waals surface area (Å²) >= 11 is 1.50. The molecule has 1 N–H and O–H groups in total. The summed E-state index contributed by atoms with van der Waals surface area (Å²) in [6.45, 7) is 3.64. The van der Waals surface area contributed by atoms with Crippen LogP contribution in [-0.4, -0.2) is 43.0 Å². The minimum absolute atomic E-state index is 0.0649. The third kappa shape index (κ3) is 3.57. The minimum atomic E-state index is 0.0649. The summed E-state index contributed by atoms with van der Waals surface area (Å²) < 4.78 is 0. The van der Waals surface area contributed by atoms with Gasteiger partial charge in [-0.05, 0) is 19.9 Å². The molecule has 0 atom stereocenters. The van der Waals surface area contributed by atoms with Crippen LogP contribution in [-0.2, 0) is 6.42 Å². The second-order valence-corrected chi connectivity index (χ2v) is 4.81. The number of carbonyl (C=O) groups excluding carboxylic acids is 1. The molecule has 0 unspecified atom stereocenters. The van der Waals surface area contributed by atoms with E-state index in [4.69, 9.17) is 0 Å². The predicted octanol–water partition coefficient (Wildman–Crippen LogP) is 1.39. The third-order valence-electron chi connectivity index (χ3n) is 2.27. The quantitative estimate of drug-likeness (QED) is 0.818. The molecule has 1 rings (SSSR count). The summed E-state index contributed by atoms with van der Waals surface area (Å²) in [4.78, 5) is 18.6. The van der Waals surface area contributed by atoms with Crippen LogP contribution in [0.15, 0.2) is 6.20 Å². The van der Waals surface area contributed by atoms with Crippen LogP contribution >= 0.6 is 11.3 Å². The van der Waals surface area contributed by atoms with E-state index in [9.17, 15) is 4.79 Å². The molecule has 0 saturated heterocycles. The number of aryl methyl sites for hydroxylation is 1. The van der Waals surface area contributed by atoms with Crippen molar-refractivity contribution in [1.29, 1.82) is 0 Å². The fraction of sp³-hybridized carbons (Fsp3) is 0.636. The maximum absolute atomic E-state index is 11.9. The van der Waals surface area contributed by atoms with Crippen LogP contribution in [0.5, 0.6) is 0 Å². The van der Waals surface area contributed by atoms with E-state index in [1.807, 2.05) is 14.1 Å². The topological polar surface area (TPSA) is 45.2 Å². The molecule has 1 amide bonds. The highest BCUT2D eigenvalue weighted by molar-refractivity contribution is 7.13. The van der Waals surface area contributed by atoms with Gasteiger partial charge in [0.2, 0.25) is 0 Å². The van der Waals surface area contributed by atoms with Gasteiger partial charge in [-0.3, -0.25) is 4.79 Å². The molecule has 0 fully saturated rings. The first-order valence-electron chi connectivity index (χ1n) is 5.53. The lowest BCUT2D eigenvalue weighted by atomic mass is 10.4. The summed E-state index contributed by atoms with van der Waals surface area (Å²) in [5.41, 5.74) is 0. The Hall–Kier alpha value is -0.940. The van der Waals surface area contributed by atoms with Crippen LogP contribution < -0.4 is 5.32 Å². The Balaban J connectivity index is 2.57. The molecule has 0 spiro atoms. The maximum atomic E-state index is 11.9. The molecule has 90 valence electrons. The van der Waals surface area contributed by atoms with E-state index in [0.717, 1.165) is 35.8 Å². The van der Waals surface area contributed by atoms with E-state index in [1.54, 1.807) is 11.1 Å². The SMILES string of the molecule is CCCc1ncc(C(=O)N(C)CCNC)s1. The number of nitrogens with zero attached hydrogens (tertiary/aromatic N) is 2. The minimum Gasteiger partial charge on any atom is -0.340 e. The smallest absolute Gasteiger partial charge is 0.265 e. The Morgan fingerprint density at radius 1 is 1.62 bits per heavy atom. The van der Waals surface area contributed by atoms with E-state index in [0.29, 0.717) is 0 Å². The molecule has 0 radical (unpaired) electrons. The van der Waals surface area contributed by atoms with Gasteiger partial charge in [0.1, 0.15) is 4.88 Å². The van der Waals surface area contributed by atoms with Gasteiger partial charge in [0, 0.05) is 20.1 Å². The molecule has 5 heteroatoms. The van der Waals surface area contributed by atoms with Gasteiger partial charge >= 0.3 is 0 Å². The average molecular weight is 241 g/mol. The molecule has 0 saturated carbocycles. The molecule has 0 aliphatic carbocycles. The first kappa shape index (κ1) is 13.1. The van der Waals surface area contributed by atoms with Gasteiger partial charge in [0.05, 0.1) is 11.2 Å². The van der Waals surface area contributed by atoms with Gasteiger partial charge in [-0.1, -0.05) is 6.92 Å². The summed E-state index contributed by atoms with van der Waals surface area (Å²) in [5.74, 6) is 0.0649. The predicted molar refractivity (Wildman–Crippen MR) is 67.0 cm³/mol. The van der Waals surface area contributed by atoms with E-state index in [1.165, 1.54) is 11.3 Å². The lowest BCUT2D eigenvalue weighted by Gasteiger charge is -2.15. The second kappa shape index (κ2) is 6.60. The van der Waals surface area contributed by atoms with Crippen molar-refractivity contribution in [2.24, 2.45) is 0 Å². The Morgan fingerprint density at radius 2 is 2.38 bits per heavy atom. The highest BCUT2D eigenvalue weighted by atomic mass is 32.1. The molecule has 1 aromatic rings. The summed E-state index contributed by atoms with van der Waals surface area (Å²) in [7, 11) is 3.70. The van der Waals surface area contributed by atoms with E-state index >= 15 is 0 Å². The monoisotopic (exact) mass is 241 g/mol. The van der Waals surface area contributed by atoms with Crippen molar-refractivity contribution in [3.05, 3.63) is 16.1 Å². The summed E-state index contributed by atoms with van der Waals surface area (Å²) in [6.07, 6.45) is 3.71. The first-order chi connectivity index (χ1) is 7.69. The summed E-state index contributed by atoms with van der Waals surface area (Å²) in [6, 6.07) is 0. The number of likely N-dealkylation sites (N-methyl/N-ethyl adjacent to an activating group) is 2. The Labute approximate surface area is 101 Å². The summed E-state index contributed by atoms with van der Waals surface area (Å²) in [5, 5.41) is 4.07. The van der Waals surface area contributed by atoms with E-state index in [-0.39, 0.29) is 5.91 Å². The highest BCUT2D eigenvalue weighted by Crippen LogP contribution is 2.15. The Morgan fingerprint density at radius 3 is 3.00 bits per heavy atom. The van der Waals surface area contributed by atoms with Gasteiger partial charge < -0.3 is 10.2 Å². The van der Waals surface area contributed by atoms with Crippen LogP contribution in [0, 0.1) is 0 Å². The van der Waals surface area contributed by atoms with Crippen LogP contribution in [0.1, 0.15) is 28.0 Å². The van der Waals surface area contributed by atoms with Crippen LogP contribution in [0.3, 0.4) is 0 Å². The lowest BCUT2D eigenvalue weighted by molar-refractivity contribution is 0.0801. The number of rotatable bonds is 6. The zero-order valence-electron chi connectivity index (χ0n) is 10.1. The molecule has 0 bridgehead atoms. The van der Waals surface area contributed by atoms with Crippen molar-refractivity contribution in [1.82, 2.24) is 15.2 Å². The fourth-order valence-electron chi connectivity index (χ4n) is 1.31. The standard InChI is InChI=1S/C11H19N3OS/c1-4-5-10-13-8-9(16-10)11(15)14(3)7-6-12-2/h8,12H,4-7H2,1-3H3. The number of hydrogen-bond acceptors (Lipinski definition) is 4. The van der Waals surface area contributed by atoms with Crippen molar-refractivity contribution >= 4 is 17.2 Å². The van der Waals surface area contributed by atoms with E-state index < -0.39 is 0 Å². The molecule has 0 aliphatic heterocycles. The molecular formula is C11H19N3OS. The normalized spacial score (nSPS) is 10.4. The lowest BCUT2D eigenvalue weighted by Crippen LogP contribution is -2.32. The van der Waals surface area contributed by atoms with Gasteiger partial charge in [-0.25, -0.2) is 4.98 Å². The number of nitrogens with one attached hydrogen (secondary N) is 1. The van der Waals surface area contributed by atoms with Crippen LogP contribution in [0.4, 0.5) is 0 Å². The molecule has 1 heterocycles. The third-order valence-corrected chi connectivity index (χ3v) is 3.32. The van der Waals surface area contributed by atoms with Crippen molar-refractivity contribution < 1.29 is 4.79 Å². The van der Waals surface area contributed by atoms with Gasteiger partial charge in [0.15, 0.2) is 0 Å². The first-order valence-corrected chi connectivity index (χ1v) is 6.35. The average Bonchev–Trinajstić information content (AvgIpc) is 2.74. The number of amides is 1. The van der Waals surface area contributed by atoms with Crippen LogP contribution in [0.2, 0.25) is 0 Å². The Kier molecular flexibility index (Phi) is 5.42. The zero-order valence-corrected chi connectivity index (χ0v) is 10.9. The highest BCUT2D eigenvalue weighted by Gasteiger charge is 2.14. The van der Waals surface area contributed by atoms with Crippen molar-refractivity contribution in [3.63, 3.8) is 0 Å². The van der Waals surface area contributed by atoms with Crippen molar-refractivity contribution in [2.45, 2.75) is 19.8 Å². The fourth-order valence-corrected chi connectivity index (χ4v) is 2.32. The largest absolute Gasteiger partial charge is 0.340 e. The number of hydrogen-bond donors (Lipinski definition) is 1. The molecular weight excluding hydrogens is 222 g/mol. The van der Waals surface area contributed by atoms with Crippen molar-refractivity contribution in [3.8, 4) is 0 Å². The number of thiazole rings is 1. The second-order valence-electron chi connectivity index (χ2n) is 3.70. The molecule has 1 aromatic heterocycles. The molecule has 16 heavy (non-hydrogen) atoms. The van der Waals surface area contributed by atoms with Gasteiger partial charge in [0.25, 0.3) is 5.91 Å².